The summed E-state index contributed by atoms with van der Waals surface area (Å²) < 4.78 is 12.7. The van der Waals surface area contributed by atoms with E-state index in [0.717, 1.165) is 14.5 Å². The summed E-state index contributed by atoms with van der Waals surface area (Å²) in [5.41, 5.74) is 0.288. The van der Waals surface area contributed by atoms with Crippen LogP contribution in [-0.4, -0.2) is 71.7 Å². The zero-order valence-electron chi connectivity index (χ0n) is 21.3. The van der Waals surface area contributed by atoms with Crippen molar-refractivity contribution in [3.05, 3.63) is 96.6 Å². The second-order valence-electron chi connectivity index (χ2n) is 10.3. The average Bonchev–Trinajstić information content (AvgIpc) is 3.31. The van der Waals surface area contributed by atoms with E-state index in [1.807, 2.05) is 87.5 Å². The third-order valence-electron chi connectivity index (χ3n) is 6.52. The molecular weight excluding hydrogens is 596 g/mol. The van der Waals surface area contributed by atoms with Gasteiger partial charge in [0.15, 0.2) is 0 Å². The number of piperidine rings is 1. The maximum absolute atomic E-state index is 15.1. The van der Waals surface area contributed by atoms with E-state index < -0.39 is 26.5 Å². The van der Waals surface area contributed by atoms with Crippen LogP contribution in [0.2, 0.25) is 4.31 Å². The van der Waals surface area contributed by atoms with Gasteiger partial charge in [0.2, 0.25) is 0 Å². The van der Waals surface area contributed by atoms with Gasteiger partial charge in [-0.3, -0.25) is 0 Å². The van der Waals surface area contributed by atoms with E-state index >= 15 is 4.79 Å². The van der Waals surface area contributed by atoms with Crippen molar-refractivity contribution in [1.82, 2.24) is 4.90 Å². The van der Waals surface area contributed by atoms with E-state index in [1.54, 1.807) is 4.90 Å². The number of ketones is 1. The molecule has 2 heterocycles. The first-order valence-corrected chi connectivity index (χ1v) is 15.9. The van der Waals surface area contributed by atoms with Crippen LogP contribution >= 0.6 is 0 Å². The second-order valence-corrected chi connectivity index (χ2v) is 16.1. The molecule has 3 unspecified atom stereocenters. The Morgan fingerprint density at radius 3 is 2.00 bits per heavy atom. The van der Waals surface area contributed by atoms with Crippen molar-refractivity contribution in [1.29, 1.82) is 0 Å². The molecule has 0 aliphatic carbocycles. The normalized spacial score (nSPS) is 25.5. The summed E-state index contributed by atoms with van der Waals surface area (Å²) in [6.45, 7) is 6.28. The van der Waals surface area contributed by atoms with E-state index in [9.17, 15) is 4.79 Å². The average molecular weight is 628 g/mol. The quantitative estimate of drug-likeness (QED) is 0.406. The minimum atomic E-state index is -0.868. The van der Waals surface area contributed by atoms with Crippen molar-refractivity contribution in [3.8, 4) is 0 Å². The fraction of sp³-hybridized carbons (Fsp3) is 0.333. The Bertz CT molecular complexity index is 1250. The zero-order valence-corrected chi connectivity index (χ0v) is 24.7. The number of hydrogen-bond donors (Lipinski definition) is 0. The predicted octanol–water partition coefficient (Wildman–Crippen LogP) is 3.67. The van der Waals surface area contributed by atoms with Crippen molar-refractivity contribution < 1.29 is 19.1 Å². The van der Waals surface area contributed by atoms with Gasteiger partial charge in [-0.25, -0.2) is 0 Å². The van der Waals surface area contributed by atoms with E-state index in [2.05, 4.69) is 24.3 Å². The monoisotopic (exact) mass is 629 g/mol. The van der Waals surface area contributed by atoms with Crippen LogP contribution in [0.5, 0.6) is 0 Å². The molecule has 7 heteroatoms. The van der Waals surface area contributed by atoms with Gasteiger partial charge in [0.1, 0.15) is 0 Å². The number of amides is 1. The van der Waals surface area contributed by atoms with Gasteiger partial charge in [-0.05, 0) is 0 Å². The Kier molecular flexibility index (Phi) is 7.37. The maximum atomic E-state index is 15.1. The number of likely N-dealkylation sites (tertiary alicyclic amines) is 1. The van der Waals surface area contributed by atoms with Crippen LogP contribution in [0.15, 0.2) is 91.0 Å². The van der Waals surface area contributed by atoms with Gasteiger partial charge in [-0.15, -0.1) is 0 Å². The molecule has 0 N–H and O–H groups in total. The fourth-order valence-corrected chi connectivity index (χ4v) is 11.4. The molecule has 5 rings (SSSR count). The van der Waals surface area contributed by atoms with E-state index in [4.69, 9.17) is 9.47 Å². The Hall–Kier alpha value is -2.40. The summed E-state index contributed by atoms with van der Waals surface area (Å²) in [5.74, 6) is 0.196. The fourth-order valence-electron chi connectivity index (χ4n) is 4.97. The molecule has 3 aromatic rings. The van der Waals surface area contributed by atoms with Crippen molar-refractivity contribution in [2.24, 2.45) is 0 Å². The first-order valence-electron chi connectivity index (χ1n) is 12.4. The summed E-state index contributed by atoms with van der Waals surface area (Å²) in [7, 11) is 0. The Labute approximate surface area is 231 Å². The number of hydrogen-bond acceptors (Lipinski definition) is 4. The summed E-state index contributed by atoms with van der Waals surface area (Å²) in [6.07, 6.45) is -0.479. The molecule has 3 atom stereocenters. The summed E-state index contributed by atoms with van der Waals surface area (Å²) in [4.78, 5) is 30.6. The summed E-state index contributed by atoms with van der Waals surface area (Å²) in [5, 5.41) is 0. The molecule has 0 saturated carbocycles. The first-order chi connectivity index (χ1) is 17.7. The van der Waals surface area contributed by atoms with Gasteiger partial charge in [-0.1, -0.05) is 0 Å². The number of carbonyl (C=O) groups excluding carboxylic acids is 2. The van der Waals surface area contributed by atoms with Crippen LogP contribution in [0.4, 0.5) is 4.79 Å². The Morgan fingerprint density at radius 2 is 1.43 bits per heavy atom. The molecule has 37 heavy (non-hydrogen) atoms. The van der Waals surface area contributed by atoms with Crippen molar-refractivity contribution in [3.63, 3.8) is 0 Å². The van der Waals surface area contributed by atoms with Gasteiger partial charge in [0.25, 0.3) is 0 Å². The molecule has 0 aromatic heterocycles. The van der Waals surface area contributed by atoms with Crippen LogP contribution in [0.25, 0.3) is 0 Å². The standard InChI is InChI=1S/C30H31NO4Se2/c1-28(2,3)35-27(33)31-21-30(22-13-7-4-8-14-22,37-24-17-11-6-12-18-24)25(32)29(19-20-34-26(29)31)36-23-15-9-5-10-16-23/h4-18,26H,19-21H2,1-3H3. The van der Waals surface area contributed by atoms with E-state index in [1.165, 1.54) is 0 Å². The molecular formula is C30H31NO4Se2. The minimum absolute atomic E-state index is 0.196. The summed E-state index contributed by atoms with van der Waals surface area (Å²) in [6, 6.07) is 30.4. The molecule has 0 bridgehead atoms. The number of carbonyl (C=O) groups is 2. The van der Waals surface area contributed by atoms with E-state index in [0.29, 0.717) is 13.0 Å². The number of Topliss-reactive ketones (excluding diaryl/α,β-unsaturated/α-hetero) is 1. The van der Waals surface area contributed by atoms with Crippen LogP contribution in [0.1, 0.15) is 32.8 Å². The molecule has 5 nitrogen and oxygen atoms in total. The molecule has 1 amide bonds. The third-order valence-corrected chi connectivity index (χ3v) is 12.5. The molecule has 192 valence electrons. The number of fused-ring (bicyclic) bond motifs is 1. The van der Waals surface area contributed by atoms with Crippen molar-refractivity contribution >= 4 is 50.7 Å². The van der Waals surface area contributed by atoms with Crippen molar-refractivity contribution in [2.75, 3.05) is 13.2 Å². The van der Waals surface area contributed by atoms with Gasteiger partial charge >= 0.3 is 232 Å². The number of benzene rings is 3. The Balaban J connectivity index is 1.69. The molecule has 2 aliphatic heterocycles. The Morgan fingerprint density at radius 1 is 0.892 bits per heavy atom. The molecule has 2 fully saturated rings. The van der Waals surface area contributed by atoms with Crippen LogP contribution in [-0.2, 0) is 18.6 Å². The SMILES string of the molecule is CC(C)(C)OC(=O)N1CC([Se]c2ccccc2)(c2ccccc2)C(=O)C2([Se]c3ccccc3)CCOC12. The zero-order chi connectivity index (χ0) is 26.1. The van der Waals surface area contributed by atoms with Gasteiger partial charge in [0.05, 0.1) is 0 Å². The molecule has 0 spiro atoms. The van der Waals surface area contributed by atoms with Crippen LogP contribution in [0.3, 0.4) is 0 Å². The van der Waals surface area contributed by atoms with Gasteiger partial charge in [-0.2, -0.15) is 0 Å². The summed E-state index contributed by atoms with van der Waals surface area (Å²) >= 11 is -0.528. The van der Waals surface area contributed by atoms with E-state index in [-0.39, 0.29) is 42.2 Å². The molecule has 3 aromatic carbocycles. The van der Waals surface area contributed by atoms with Crippen LogP contribution in [0, 0.1) is 0 Å². The first kappa shape index (κ1) is 26.2. The molecule has 2 aliphatic rings. The molecule has 2 saturated heterocycles. The van der Waals surface area contributed by atoms with Crippen molar-refractivity contribution in [2.45, 2.75) is 47.6 Å². The van der Waals surface area contributed by atoms with Crippen LogP contribution < -0.4 is 8.92 Å². The number of nitrogens with zero attached hydrogens (tertiary/aromatic N) is 1. The topological polar surface area (TPSA) is 55.8 Å². The molecule has 0 radical (unpaired) electrons. The number of rotatable bonds is 5. The predicted molar refractivity (Wildman–Crippen MR) is 147 cm³/mol. The third kappa shape index (κ3) is 5.16. The van der Waals surface area contributed by atoms with Gasteiger partial charge < -0.3 is 0 Å². The number of ether oxygens (including phenoxy) is 2. The van der Waals surface area contributed by atoms with Gasteiger partial charge in [0, 0.05) is 0 Å². The second kappa shape index (κ2) is 10.4.